The second-order valence-corrected chi connectivity index (χ2v) is 5.52. The largest absolute Gasteiger partial charge is 0.383 e. The lowest BCUT2D eigenvalue weighted by Gasteiger charge is -2.21. The number of nitrogens with one attached hydrogen (secondary N) is 1. The fourth-order valence-corrected chi connectivity index (χ4v) is 2.85. The number of methoxy groups -OCH3 is 1. The lowest BCUT2D eigenvalue weighted by molar-refractivity contribution is 0.182. The maximum atomic E-state index is 5.57. The van der Waals surface area contributed by atoms with Crippen LogP contribution in [0.1, 0.15) is 24.0 Å². The molecule has 0 fully saturated rings. The van der Waals surface area contributed by atoms with Gasteiger partial charge < -0.3 is 15.8 Å². The summed E-state index contributed by atoms with van der Waals surface area (Å²) in [6.45, 7) is 5.63. The standard InChI is InChI=1S/C14H23BrN2O/c1-10-7-11(2)14(13(15)8-10)17-12(9-18-3)5-4-6-16/h7-8,12,17H,4-6,9,16H2,1-3H3. The van der Waals surface area contributed by atoms with E-state index in [0.29, 0.717) is 12.6 Å². The summed E-state index contributed by atoms with van der Waals surface area (Å²) in [6.07, 6.45) is 2.02. The summed E-state index contributed by atoms with van der Waals surface area (Å²) in [6, 6.07) is 4.61. The number of rotatable bonds is 7. The zero-order valence-corrected chi connectivity index (χ0v) is 13.0. The molecule has 1 unspecified atom stereocenters. The molecule has 0 heterocycles. The monoisotopic (exact) mass is 314 g/mol. The van der Waals surface area contributed by atoms with Gasteiger partial charge in [0, 0.05) is 17.6 Å². The van der Waals surface area contributed by atoms with Crippen LogP contribution in [0.2, 0.25) is 0 Å². The first-order chi connectivity index (χ1) is 8.58. The molecule has 0 radical (unpaired) electrons. The predicted molar refractivity (Wildman–Crippen MR) is 81.2 cm³/mol. The topological polar surface area (TPSA) is 47.3 Å². The van der Waals surface area contributed by atoms with Gasteiger partial charge in [-0.25, -0.2) is 0 Å². The van der Waals surface area contributed by atoms with Gasteiger partial charge >= 0.3 is 0 Å². The SMILES string of the molecule is COCC(CCCN)Nc1c(C)cc(C)cc1Br. The Morgan fingerprint density at radius 3 is 2.67 bits per heavy atom. The van der Waals surface area contributed by atoms with Gasteiger partial charge in [-0.05, 0) is 66.4 Å². The molecule has 4 heteroatoms. The molecule has 0 amide bonds. The third-order valence-corrected chi connectivity index (χ3v) is 3.53. The molecule has 0 bridgehead atoms. The third kappa shape index (κ3) is 4.59. The van der Waals surface area contributed by atoms with Crippen LogP contribution in [0.4, 0.5) is 5.69 Å². The molecule has 1 aromatic carbocycles. The second kappa shape index (κ2) is 7.77. The summed E-state index contributed by atoms with van der Waals surface area (Å²) in [5.74, 6) is 0. The van der Waals surface area contributed by atoms with E-state index in [0.717, 1.165) is 29.5 Å². The highest BCUT2D eigenvalue weighted by Gasteiger charge is 2.12. The van der Waals surface area contributed by atoms with Gasteiger partial charge in [0.15, 0.2) is 0 Å². The Bertz CT molecular complexity index is 359. The summed E-state index contributed by atoms with van der Waals surface area (Å²) < 4.78 is 6.36. The van der Waals surface area contributed by atoms with Crippen molar-refractivity contribution in [3.05, 3.63) is 27.7 Å². The van der Waals surface area contributed by atoms with E-state index in [1.54, 1.807) is 7.11 Å². The maximum absolute atomic E-state index is 5.57. The Morgan fingerprint density at radius 1 is 1.39 bits per heavy atom. The van der Waals surface area contributed by atoms with Gasteiger partial charge in [-0.3, -0.25) is 0 Å². The molecule has 0 saturated carbocycles. The minimum absolute atomic E-state index is 0.302. The van der Waals surface area contributed by atoms with Crippen LogP contribution in [-0.2, 0) is 4.74 Å². The smallest absolute Gasteiger partial charge is 0.0664 e. The Morgan fingerprint density at radius 2 is 2.11 bits per heavy atom. The van der Waals surface area contributed by atoms with Gasteiger partial charge in [0.05, 0.1) is 12.3 Å². The minimum Gasteiger partial charge on any atom is -0.383 e. The van der Waals surface area contributed by atoms with Crippen LogP contribution in [0.15, 0.2) is 16.6 Å². The predicted octanol–water partition coefficient (Wildman–Crippen LogP) is 3.23. The number of benzene rings is 1. The molecule has 0 spiro atoms. The Labute approximate surface area is 118 Å². The number of hydrogen-bond donors (Lipinski definition) is 2. The molecule has 1 atom stereocenters. The molecule has 3 N–H and O–H groups in total. The molecular weight excluding hydrogens is 292 g/mol. The Balaban J connectivity index is 2.79. The van der Waals surface area contributed by atoms with Gasteiger partial charge in [0.1, 0.15) is 0 Å². The van der Waals surface area contributed by atoms with Crippen molar-refractivity contribution in [2.24, 2.45) is 5.73 Å². The molecule has 102 valence electrons. The molecule has 1 aromatic rings. The van der Waals surface area contributed by atoms with E-state index < -0.39 is 0 Å². The van der Waals surface area contributed by atoms with Crippen LogP contribution in [0.25, 0.3) is 0 Å². The van der Waals surface area contributed by atoms with Gasteiger partial charge in [-0.15, -0.1) is 0 Å². The average molecular weight is 315 g/mol. The van der Waals surface area contributed by atoms with E-state index >= 15 is 0 Å². The van der Waals surface area contributed by atoms with E-state index in [9.17, 15) is 0 Å². The van der Waals surface area contributed by atoms with Gasteiger partial charge in [-0.2, -0.15) is 0 Å². The van der Waals surface area contributed by atoms with Crippen LogP contribution in [0.3, 0.4) is 0 Å². The molecule has 0 aliphatic heterocycles. The molecular formula is C14H23BrN2O. The molecule has 0 aliphatic rings. The number of nitrogens with two attached hydrogens (primary N) is 1. The second-order valence-electron chi connectivity index (χ2n) is 4.67. The van der Waals surface area contributed by atoms with E-state index in [-0.39, 0.29) is 0 Å². The van der Waals surface area contributed by atoms with Crippen molar-refractivity contribution in [2.45, 2.75) is 32.7 Å². The lowest BCUT2D eigenvalue weighted by Crippen LogP contribution is -2.26. The zero-order valence-electron chi connectivity index (χ0n) is 11.4. The number of hydrogen-bond acceptors (Lipinski definition) is 3. The first-order valence-electron chi connectivity index (χ1n) is 6.30. The maximum Gasteiger partial charge on any atom is 0.0664 e. The van der Waals surface area contributed by atoms with Crippen molar-refractivity contribution in [2.75, 3.05) is 25.6 Å². The normalized spacial score (nSPS) is 12.5. The zero-order chi connectivity index (χ0) is 13.5. The van der Waals surface area contributed by atoms with Crippen molar-refractivity contribution >= 4 is 21.6 Å². The quantitative estimate of drug-likeness (QED) is 0.812. The van der Waals surface area contributed by atoms with E-state index in [2.05, 4.69) is 47.2 Å². The van der Waals surface area contributed by atoms with E-state index in [4.69, 9.17) is 10.5 Å². The van der Waals surface area contributed by atoms with Crippen molar-refractivity contribution in [3.8, 4) is 0 Å². The van der Waals surface area contributed by atoms with Crippen LogP contribution in [0, 0.1) is 13.8 Å². The minimum atomic E-state index is 0.302. The first kappa shape index (κ1) is 15.5. The number of aryl methyl sites for hydroxylation is 2. The fraction of sp³-hybridized carbons (Fsp3) is 0.571. The lowest BCUT2D eigenvalue weighted by atomic mass is 10.1. The fourth-order valence-electron chi connectivity index (χ4n) is 2.07. The van der Waals surface area contributed by atoms with Crippen LogP contribution in [0.5, 0.6) is 0 Å². The van der Waals surface area contributed by atoms with Gasteiger partial charge in [0.25, 0.3) is 0 Å². The van der Waals surface area contributed by atoms with Crippen molar-refractivity contribution in [1.82, 2.24) is 0 Å². The van der Waals surface area contributed by atoms with Crippen LogP contribution >= 0.6 is 15.9 Å². The summed E-state index contributed by atoms with van der Waals surface area (Å²) in [7, 11) is 1.73. The molecule has 0 aliphatic carbocycles. The number of anilines is 1. The van der Waals surface area contributed by atoms with E-state index in [1.165, 1.54) is 11.1 Å². The number of ether oxygens (including phenoxy) is 1. The summed E-state index contributed by atoms with van der Waals surface area (Å²) in [5.41, 5.74) is 9.23. The summed E-state index contributed by atoms with van der Waals surface area (Å²) in [5, 5.41) is 3.55. The Hall–Kier alpha value is -0.580. The van der Waals surface area contributed by atoms with E-state index in [1.807, 2.05) is 0 Å². The molecule has 18 heavy (non-hydrogen) atoms. The number of halogens is 1. The first-order valence-corrected chi connectivity index (χ1v) is 7.10. The molecule has 0 saturated heterocycles. The molecule has 1 rings (SSSR count). The average Bonchev–Trinajstić information content (AvgIpc) is 2.30. The molecule has 3 nitrogen and oxygen atoms in total. The van der Waals surface area contributed by atoms with Crippen LogP contribution < -0.4 is 11.1 Å². The van der Waals surface area contributed by atoms with Crippen molar-refractivity contribution < 1.29 is 4.74 Å². The highest BCUT2D eigenvalue weighted by molar-refractivity contribution is 9.10. The summed E-state index contributed by atoms with van der Waals surface area (Å²) in [4.78, 5) is 0. The van der Waals surface area contributed by atoms with Gasteiger partial charge in [-0.1, -0.05) is 6.07 Å². The Kier molecular flexibility index (Phi) is 6.68. The highest BCUT2D eigenvalue weighted by Crippen LogP contribution is 2.28. The highest BCUT2D eigenvalue weighted by atomic mass is 79.9. The summed E-state index contributed by atoms with van der Waals surface area (Å²) >= 11 is 3.62. The van der Waals surface area contributed by atoms with Gasteiger partial charge in [0.2, 0.25) is 0 Å². The van der Waals surface area contributed by atoms with Crippen molar-refractivity contribution in [1.29, 1.82) is 0 Å². The van der Waals surface area contributed by atoms with Crippen LogP contribution in [-0.4, -0.2) is 26.3 Å². The molecule has 0 aromatic heterocycles. The third-order valence-electron chi connectivity index (χ3n) is 2.90. The van der Waals surface area contributed by atoms with Crippen molar-refractivity contribution in [3.63, 3.8) is 0 Å².